The highest BCUT2D eigenvalue weighted by atomic mass is 19.1. The third-order valence-corrected chi connectivity index (χ3v) is 3.96. The van der Waals surface area contributed by atoms with E-state index in [-0.39, 0.29) is 5.82 Å². The van der Waals surface area contributed by atoms with E-state index in [9.17, 15) is 4.39 Å². The molecule has 0 unspecified atom stereocenters. The van der Waals surface area contributed by atoms with E-state index in [1.165, 1.54) is 12.1 Å². The number of ether oxygens (including phenoxy) is 1. The van der Waals surface area contributed by atoms with Crippen LogP contribution in [0.15, 0.2) is 55.2 Å². The lowest BCUT2D eigenvalue weighted by Crippen LogP contribution is -2.10. The SMILES string of the molecule is COCCNc1c(-c2cnn(-c3cccc(F)c3)c2)nc2cnccn12. The van der Waals surface area contributed by atoms with Gasteiger partial charge in [-0.25, -0.2) is 14.1 Å². The van der Waals surface area contributed by atoms with Crippen LogP contribution in [-0.4, -0.2) is 44.4 Å². The van der Waals surface area contributed by atoms with E-state index in [1.807, 2.05) is 16.8 Å². The summed E-state index contributed by atoms with van der Waals surface area (Å²) in [5.74, 6) is 0.526. The van der Waals surface area contributed by atoms with Gasteiger partial charge in [-0.3, -0.25) is 9.38 Å². The standard InChI is InChI=1S/C18H17FN6O/c1-26-8-6-21-18-17(23-16-11-20-5-7-24(16)18)13-10-22-25(12-13)15-4-2-3-14(19)9-15/h2-5,7,9-12,21H,6,8H2,1H3. The molecular weight excluding hydrogens is 335 g/mol. The number of imidazole rings is 1. The third-order valence-electron chi connectivity index (χ3n) is 3.96. The van der Waals surface area contributed by atoms with Crippen molar-refractivity contribution in [2.45, 2.75) is 0 Å². The molecule has 132 valence electrons. The van der Waals surface area contributed by atoms with Crippen LogP contribution in [0.5, 0.6) is 0 Å². The topological polar surface area (TPSA) is 69.3 Å². The van der Waals surface area contributed by atoms with Gasteiger partial charge >= 0.3 is 0 Å². The van der Waals surface area contributed by atoms with Crippen LogP contribution in [-0.2, 0) is 4.74 Å². The Labute approximate surface area is 149 Å². The summed E-state index contributed by atoms with van der Waals surface area (Å²) in [5, 5.41) is 7.69. The Balaban J connectivity index is 1.75. The van der Waals surface area contributed by atoms with Crippen molar-refractivity contribution in [2.75, 3.05) is 25.6 Å². The number of anilines is 1. The van der Waals surface area contributed by atoms with Crippen LogP contribution in [0.4, 0.5) is 10.2 Å². The van der Waals surface area contributed by atoms with Gasteiger partial charge < -0.3 is 10.1 Å². The maximum Gasteiger partial charge on any atom is 0.157 e. The minimum absolute atomic E-state index is 0.305. The van der Waals surface area contributed by atoms with Crippen molar-refractivity contribution >= 4 is 11.5 Å². The van der Waals surface area contributed by atoms with E-state index in [4.69, 9.17) is 4.74 Å². The first-order valence-electron chi connectivity index (χ1n) is 8.12. The van der Waals surface area contributed by atoms with Gasteiger partial charge in [0.15, 0.2) is 5.65 Å². The minimum atomic E-state index is -0.305. The fourth-order valence-corrected chi connectivity index (χ4v) is 2.75. The summed E-state index contributed by atoms with van der Waals surface area (Å²) in [6.45, 7) is 1.21. The number of nitrogens with zero attached hydrogens (tertiary/aromatic N) is 5. The molecule has 0 fully saturated rings. The molecule has 3 aromatic heterocycles. The average Bonchev–Trinajstić information content (AvgIpc) is 3.27. The normalized spacial score (nSPS) is 11.2. The summed E-state index contributed by atoms with van der Waals surface area (Å²) in [4.78, 5) is 8.78. The Kier molecular flexibility index (Phi) is 4.32. The number of halogens is 1. The Hall–Kier alpha value is -3.26. The monoisotopic (exact) mass is 352 g/mol. The molecule has 8 heteroatoms. The van der Waals surface area contributed by atoms with Gasteiger partial charge in [0, 0.05) is 37.8 Å². The highest BCUT2D eigenvalue weighted by molar-refractivity contribution is 5.75. The summed E-state index contributed by atoms with van der Waals surface area (Å²) in [7, 11) is 1.66. The van der Waals surface area contributed by atoms with Crippen molar-refractivity contribution in [2.24, 2.45) is 0 Å². The first kappa shape index (κ1) is 16.2. The van der Waals surface area contributed by atoms with Crippen molar-refractivity contribution in [3.8, 4) is 16.9 Å². The molecule has 0 bridgehead atoms. The maximum atomic E-state index is 13.5. The highest BCUT2D eigenvalue weighted by Gasteiger charge is 2.16. The van der Waals surface area contributed by atoms with Gasteiger partial charge in [-0.1, -0.05) is 6.07 Å². The fourth-order valence-electron chi connectivity index (χ4n) is 2.75. The molecule has 3 heterocycles. The summed E-state index contributed by atoms with van der Waals surface area (Å²) in [6, 6.07) is 6.29. The van der Waals surface area contributed by atoms with E-state index in [0.29, 0.717) is 18.8 Å². The average molecular weight is 352 g/mol. The Morgan fingerprint density at radius 2 is 2.19 bits per heavy atom. The van der Waals surface area contributed by atoms with Crippen LogP contribution in [0.25, 0.3) is 22.6 Å². The summed E-state index contributed by atoms with van der Waals surface area (Å²) < 4.78 is 22.1. The fraction of sp³-hybridized carbons (Fsp3) is 0.167. The second-order valence-corrected chi connectivity index (χ2v) is 5.69. The number of fused-ring (bicyclic) bond motifs is 1. The second-order valence-electron chi connectivity index (χ2n) is 5.69. The molecule has 0 spiro atoms. The molecule has 26 heavy (non-hydrogen) atoms. The molecule has 0 aliphatic rings. The molecule has 4 rings (SSSR count). The molecule has 0 radical (unpaired) electrons. The van der Waals surface area contributed by atoms with Gasteiger partial charge in [0.2, 0.25) is 0 Å². The first-order valence-corrected chi connectivity index (χ1v) is 8.12. The number of benzene rings is 1. The van der Waals surface area contributed by atoms with Gasteiger partial charge in [0.25, 0.3) is 0 Å². The smallest absolute Gasteiger partial charge is 0.157 e. The van der Waals surface area contributed by atoms with Crippen molar-refractivity contribution < 1.29 is 9.13 Å². The zero-order valence-corrected chi connectivity index (χ0v) is 14.1. The van der Waals surface area contributed by atoms with E-state index < -0.39 is 0 Å². The number of hydrogen-bond acceptors (Lipinski definition) is 5. The zero-order chi connectivity index (χ0) is 17.9. The van der Waals surface area contributed by atoms with Crippen molar-refractivity contribution in [1.29, 1.82) is 0 Å². The van der Waals surface area contributed by atoms with Crippen LogP contribution in [0.3, 0.4) is 0 Å². The van der Waals surface area contributed by atoms with Crippen LogP contribution in [0, 0.1) is 5.82 Å². The summed E-state index contributed by atoms with van der Waals surface area (Å²) >= 11 is 0. The van der Waals surface area contributed by atoms with E-state index >= 15 is 0 Å². The van der Waals surface area contributed by atoms with Gasteiger partial charge in [0.05, 0.1) is 24.7 Å². The van der Waals surface area contributed by atoms with Crippen molar-refractivity contribution in [1.82, 2.24) is 24.1 Å². The van der Waals surface area contributed by atoms with Gasteiger partial charge in [0.1, 0.15) is 17.3 Å². The van der Waals surface area contributed by atoms with Crippen LogP contribution in [0.2, 0.25) is 0 Å². The van der Waals surface area contributed by atoms with Crippen LogP contribution in [0.1, 0.15) is 0 Å². The lowest BCUT2D eigenvalue weighted by molar-refractivity contribution is 0.210. The number of rotatable bonds is 6. The molecular formula is C18H17FN6O. The molecule has 7 nitrogen and oxygen atoms in total. The van der Waals surface area contributed by atoms with Gasteiger partial charge in [-0.15, -0.1) is 0 Å². The van der Waals surface area contributed by atoms with Crippen LogP contribution >= 0.6 is 0 Å². The Morgan fingerprint density at radius 1 is 1.27 bits per heavy atom. The molecule has 0 aliphatic carbocycles. The minimum Gasteiger partial charge on any atom is -0.383 e. The Morgan fingerprint density at radius 3 is 3.04 bits per heavy atom. The largest absolute Gasteiger partial charge is 0.383 e. The van der Waals surface area contributed by atoms with E-state index in [2.05, 4.69) is 20.4 Å². The third kappa shape index (κ3) is 3.02. The number of nitrogens with one attached hydrogen (secondary N) is 1. The van der Waals surface area contributed by atoms with Gasteiger partial charge in [-0.05, 0) is 18.2 Å². The maximum absolute atomic E-state index is 13.5. The molecule has 4 aromatic rings. The van der Waals surface area contributed by atoms with Gasteiger partial charge in [-0.2, -0.15) is 5.10 Å². The number of methoxy groups -OCH3 is 1. The zero-order valence-electron chi connectivity index (χ0n) is 14.1. The number of aromatic nitrogens is 5. The second kappa shape index (κ2) is 6.93. The lowest BCUT2D eigenvalue weighted by Gasteiger charge is -2.07. The molecule has 1 N–H and O–H groups in total. The molecule has 0 amide bonds. The molecule has 0 saturated heterocycles. The summed E-state index contributed by atoms with van der Waals surface area (Å²) in [5.41, 5.74) is 2.94. The van der Waals surface area contributed by atoms with Crippen molar-refractivity contribution in [3.05, 3.63) is 61.1 Å². The predicted molar refractivity (Wildman–Crippen MR) is 95.9 cm³/mol. The van der Waals surface area contributed by atoms with E-state index in [0.717, 1.165) is 22.7 Å². The lowest BCUT2D eigenvalue weighted by atomic mass is 10.2. The summed E-state index contributed by atoms with van der Waals surface area (Å²) in [6.07, 6.45) is 8.78. The Bertz CT molecular complexity index is 1040. The first-order chi connectivity index (χ1) is 12.8. The molecule has 1 aromatic carbocycles. The molecule has 0 saturated carbocycles. The predicted octanol–water partition coefficient (Wildman–Crippen LogP) is 2.78. The number of hydrogen-bond donors (Lipinski definition) is 1. The molecule has 0 atom stereocenters. The quantitative estimate of drug-likeness (QED) is 0.541. The molecule has 0 aliphatic heterocycles. The van der Waals surface area contributed by atoms with Crippen LogP contribution < -0.4 is 5.32 Å². The highest BCUT2D eigenvalue weighted by Crippen LogP contribution is 2.28. The van der Waals surface area contributed by atoms with E-state index in [1.54, 1.807) is 42.5 Å². The van der Waals surface area contributed by atoms with Crippen molar-refractivity contribution in [3.63, 3.8) is 0 Å².